The van der Waals surface area contributed by atoms with Gasteiger partial charge in [0.2, 0.25) is 0 Å². The summed E-state index contributed by atoms with van der Waals surface area (Å²) in [5.41, 5.74) is 2.40. The quantitative estimate of drug-likeness (QED) is 0.534. The number of halogens is 1. The number of esters is 1. The van der Waals surface area contributed by atoms with Crippen LogP contribution in [-0.2, 0) is 11.3 Å². The summed E-state index contributed by atoms with van der Waals surface area (Å²) in [6.45, 7) is 3.59. The van der Waals surface area contributed by atoms with Crippen LogP contribution in [-0.4, -0.2) is 11.0 Å². The lowest BCUT2D eigenvalue weighted by Gasteiger charge is -2.08. The number of ether oxygens (including phenoxy) is 1. The third-order valence-electron chi connectivity index (χ3n) is 3.62. The van der Waals surface area contributed by atoms with Crippen LogP contribution in [0.15, 0.2) is 45.7 Å². The summed E-state index contributed by atoms with van der Waals surface area (Å²) >= 11 is 6.14. The van der Waals surface area contributed by atoms with Gasteiger partial charge in [0.05, 0.1) is 5.56 Å². The fourth-order valence-corrected chi connectivity index (χ4v) is 2.45. The molecule has 3 rings (SSSR count). The standard InChI is InChI=1S/C18H14ClNO4/c1-10-5-16-14(7-15(10)19)13(6-17(21)24-16)9-23-18(22)12-4-3-11(2)20-8-12/h3-8H,9H2,1-2H3. The molecule has 1 aromatic carbocycles. The molecular weight excluding hydrogens is 330 g/mol. The molecular formula is C18H14ClNO4. The van der Waals surface area contributed by atoms with Crippen molar-refractivity contribution in [3.05, 3.63) is 74.4 Å². The van der Waals surface area contributed by atoms with Gasteiger partial charge < -0.3 is 9.15 Å². The lowest BCUT2D eigenvalue weighted by Crippen LogP contribution is -2.08. The van der Waals surface area contributed by atoms with Crippen molar-refractivity contribution in [2.75, 3.05) is 0 Å². The average Bonchev–Trinajstić information content (AvgIpc) is 2.54. The zero-order chi connectivity index (χ0) is 17.3. The van der Waals surface area contributed by atoms with Gasteiger partial charge >= 0.3 is 11.6 Å². The minimum Gasteiger partial charge on any atom is -0.457 e. The summed E-state index contributed by atoms with van der Waals surface area (Å²) in [6.07, 6.45) is 1.45. The highest BCUT2D eigenvalue weighted by molar-refractivity contribution is 6.32. The molecule has 0 bridgehead atoms. The van der Waals surface area contributed by atoms with E-state index in [-0.39, 0.29) is 6.61 Å². The minimum atomic E-state index is -0.512. The fourth-order valence-electron chi connectivity index (χ4n) is 2.28. The van der Waals surface area contributed by atoms with Crippen molar-refractivity contribution >= 4 is 28.5 Å². The molecule has 2 aromatic heterocycles. The van der Waals surface area contributed by atoms with Gasteiger partial charge in [-0.1, -0.05) is 11.6 Å². The zero-order valence-corrected chi connectivity index (χ0v) is 13.9. The topological polar surface area (TPSA) is 69.4 Å². The number of aryl methyl sites for hydroxylation is 2. The van der Waals surface area contributed by atoms with Crippen LogP contribution in [0.1, 0.15) is 27.2 Å². The van der Waals surface area contributed by atoms with Gasteiger partial charge in [-0.25, -0.2) is 9.59 Å². The van der Waals surface area contributed by atoms with E-state index in [2.05, 4.69) is 4.98 Å². The monoisotopic (exact) mass is 343 g/mol. The highest BCUT2D eigenvalue weighted by Crippen LogP contribution is 2.25. The predicted molar refractivity (Wildman–Crippen MR) is 90.3 cm³/mol. The number of hydrogen-bond donors (Lipinski definition) is 0. The van der Waals surface area contributed by atoms with E-state index < -0.39 is 11.6 Å². The van der Waals surface area contributed by atoms with Crippen LogP contribution in [0.3, 0.4) is 0 Å². The lowest BCUT2D eigenvalue weighted by atomic mass is 10.1. The van der Waals surface area contributed by atoms with Crippen molar-refractivity contribution in [1.82, 2.24) is 4.98 Å². The molecule has 5 nitrogen and oxygen atoms in total. The highest BCUT2D eigenvalue weighted by Gasteiger charge is 2.12. The van der Waals surface area contributed by atoms with E-state index >= 15 is 0 Å². The molecule has 2 heterocycles. The molecule has 122 valence electrons. The summed E-state index contributed by atoms with van der Waals surface area (Å²) in [7, 11) is 0. The first-order chi connectivity index (χ1) is 11.4. The molecule has 0 saturated heterocycles. The molecule has 0 unspecified atom stereocenters. The SMILES string of the molecule is Cc1ccc(C(=O)OCc2cc(=O)oc3cc(C)c(Cl)cc23)cn1. The molecule has 0 saturated carbocycles. The van der Waals surface area contributed by atoms with Crippen molar-refractivity contribution in [3.63, 3.8) is 0 Å². The van der Waals surface area contributed by atoms with Crippen molar-refractivity contribution in [2.45, 2.75) is 20.5 Å². The summed E-state index contributed by atoms with van der Waals surface area (Å²) in [6, 6.07) is 8.06. The summed E-state index contributed by atoms with van der Waals surface area (Å²) < 4.78 is 10.5. The Labute approximate surface area is 142 Å². The van der Waals surface area contributed by atoms with Gasteiger partial charge in [0, 0.05) is 33.9 Å². The summed E-state index contributed by atoms with van der Waals surface area (Å²) in [5.74, 6) is -0.512. The van der Waals surface area contributed by atoms with Crippen molar-refractivity contribution in [2.24, 2.45) is 0 Å². The maximum absolute atomic E-state index is 12.1. The van der Waals surface area contributed by atoms with E-state index in [0.717, 1.165) is 11.3 Å². The van der Waals surface area contributed by atoms with E-state index in [1.54, 1.807) is 24.3 Å². The first-order valence-electron chi connectivity index (χ1n) is 7.27. The molecule has 3 aromatic rings. The second-order valence-electron chi connectivity index (χ2n) is 5.45. The first kappa shape index (κ1) is 16.2. The number of carbonyl (C=O) groups is 1. The second kappa shape index (κ2) is 6.45. The largest absolute Gasteiger partial charge is 0.457 e. The van der Waals surface area contributed by atoms with Crippen molar-refractivity contribution < 1.29 is 13.9 Å². The van der Waals surface area contributed by atoms with Crippen LogP contribution >= 0.6 is 11.6 Å². The number of hydrogen-bond acceptors (Lipinski definition) is 5. The Kier molecular flexibility index (Phi) is 4.36. The third kappa shape index (κ3) is 3.31. The van der Waals surface area contributed by atoms with Gasteiger partial charge in [0.15, 0.2) is 0 Å². The Morgan fingerprint density at radius 2 is 2.04 bits per heavy atom. The Morgan fingerprint density at radius 3 is 2.75 bits per heavy atom. The van der Waals surface area contributed by atoms with E-state index in [1.165, 1.54) is 12.3 Å². The molecule has 0 spiro atoms. The number of pyridine rings is 1. The van der Waals surface area contributed by atoms with Crippen molar-refractivity contribution in [3.8, 4) is 0 Å². The minimum absolute atomic E-state index is 0.0613. The Hall–Kier alpha value is -2.66. The molecule has 0 aliphatic carbocycles. The fraction of sp³-hybridized carbons (Fsp3) is 0.167. The number of rotatable bonds is 3. The van der Waals surface area contributed by atoms with Crippen LogP contribution in [0.2, 0.25) is 5.02 Å². The molecule has 0 radical (unpaired) electrons. The molecule has 0 N–H and O–H groups in total. The van der Waals surface area contributed by atoms with Crippen LogP contribution in [0.25, 0.3) is 11.0 Å². The van der Waals surface area contributed by atoms with Gasteiger partial charge in [-0.15, -0.1) is 0 Å². The summed E-state index contributed by atoms with van der Waals surface area (Å²) in [4.78, 5) is 27.8. The normalized spacial score (nSPS) is 10.8. The molecule has 0 aliphatic heterocycles. The van der Waals surface area contributed by atoms with E-state index in [4.69, 9.17) is 20.8 Å². The molecule has 6 heteroatoms. The third-order valence-corrected chi connectivity index (χ3v) is 4.02. The number of aromatic nitrogens is 1. The zero-order valence-electron chi connectivity index (χ0n) is 13.1. The molecule has 0 fully saturated rings. The van der Waals surface area contributed by atoms with Gasteiger partial charge in [-0.05, 0) is 43.7 Å². The smallest absolute Gasteiger partial charge is 0.340 e. The van der Waals surface area contributed by atoms with Crippen LogP contribution in [0.5, 0.6) is 0 Å². The number of benzene rings is 1. The van der Waals surface area contributed by atoms with Gasteiger partial charge in [-0.3, -0.25) is 4.98 Å². The molecule has 0 atom stereocenters. The van der Waals surface area contributed by atoms with E-state index in [9.17, 15) is 9.59 Å². The Bertz CT molecular complexity index is 977. The maximum atomic E-state index is 12.1. The Balaban J connectivity index is 1.89. The van der Waals surface area contributed by atoms with Crippen molar-refractivity contribution in [1.29, 1.82) is 0 Å². The molecule has 0 amide bonds. The molecule has 24 heavy (non-hydrogen) atoms. The summed E-state index contributed by atoms with van der Waals surface area (Å²) in [5, 5.41) is 1.19. The number of nitrogens with zero attached hydrogens (tertiary/aromatic N) is 1. The van der Waals surface area contributed by atoms with E-state index in [1.807, 2.05) is 13.8 Å². The van der Waals surface area contributed by atoms with Crippen LogP contribution < -0.4 is 5.63 Å². The number of fused-ring (bicyclic) bond motifs is 1. The van der Waals surface area contributed by atoms with Crippen LogP contribution in [0, 0.1) is 13.8 Å². The van der Waals surface area contributed by atoms with Gasteiger partial charge in [0.25, 0.3) is 0 Å². The Morgan fingerprint density at radius 1 is 1.25 bits per heavy atom. The van der Waals surface area contributed by atoms with Gasteiger partial charge in [0.1, 0.15) is 12.2 Å². The van der Waals surface area contributed by atoms with E-state index in [0.29, 0.717) is 27.1 Å². The maximum Gasteiger partial charge on any atom is 0.340 e. The second-order valence-corrected chi connectivity index (χ2v) is 5.86. The van der Waals surface area contributed by atoms with Gasteiger partial charge in [-0.2, -0.15) is 0 Å². The molecule has 0 aliphatic rings. The average molecular weight is 344 g/mol. The number of carbonyl (C=O) groups excluding carboxylic acids is 1. The predicted octanol–water partition coefficient (Wildman–Crippen LogP) is 3.82. The lowest BCUT2D eigenvalue weighted by molar-refractivity contribution is 0.0473. The van der Waals surface area contributed by atoms with Crippen LogP contribution in [0.4, 0.5) is 0 Å². The highest BCUT2D eigenvalue weighted by atomic mass is 35.5. The first-order valence-corrected chi connectivity index (χ1v) is 7.64.